The predicted molar refractivity (Wildman–Crippen MR) is 36.9 cm³/mol. The Morgan fingerprint density at radius 1 is 1.38 bits per heavy atom. The summed E-state index contributed by atoms with van der Waals surface area (Å²) in [5.74, 6) is 0. The van der Waals surface area contributed by atoms with Crippen LogP contribution in [0.3, 0.4) is 0 Å². The van der Waals surface area contributed by atoms with Crippen LogP contribution in [-0.4, -0.2) is 0 Å². The molecule has 0 aromatic rings. The van der Waals surface area contributed by atoms with Crippen LogP contribution in [0.2, 0.25) is 0 Å². The Balaban J connectivity index is 0. The minimum atomic E-state index is 0. The van der Waals surface area contributed by atoms with Gasteiger partial charge in [-0.15, -0.1) is 12.4 Å². The van der Waals surface area contributed by atoms with Crippen LogP contribution in [0.25, 0.3) is 0 Å². The van der Waals surface area contributed by atoms with Crippen molar-refractivity contribution < 1.29 is 0 Å². The van der Waals surface area contributed by atoms with E-state index >= 15 is 0 Å². The molecule has 0 saturated heterocycles. The first-order chi connectivity index (χ1) is 3.06. The number of hydrogen-bond acceptors (Lipinski definition) is 1. The number of halogens is 1. The Morgan fingerprint density at radius 3 is 1.75 bits per heavy atom. The fourth-order valence-electron chi connectivity index (χ4n) is 0.237. The third-order valence-electron chi connectivity index (χ3n) is 0.609. The fourth-order valence-corrected chi connectivity index (χ4v) is 0.237. The van der Waals surface area contributed by atoms with E-state index in [1.807, 2.05) is 0 Å². The van der Waals surface area contributed by atoms with Crippen LogP contribution < -0.4 is 0 Å². The third kappa shape index (κ3) is 9.24. The summed E-state index contributed by atoms with van der Waals surface area (Å²) in [7, 11) is 0. The number of nitriles is 1. The van der Waals surface area contributed by atoms with E-state index in [0.29, 0.717) is 6.42 Å². The highest BCUT2D eigenvalue weighted by Gasteiger charge is 2.07. The molecular weight excluding hydrogens is 122 g/mol. The molecule has 0 N–H and O–H groups in total. The van der Waals surface area contributed by atoms with Gasteiger partial charge in [-0.25, -0.2) is 0 Å². The largest absolute Gasteiger partial charge is 0.198 e. The van der Waals surface area contributed by atoms with Gasteiger partial charge in [0.25, 0.3) is 0 Å². The predicted octanol–water partition coefficient (Wildman–Crippen LogP) is 2.37. The molecule has 0 aromatic heterocycles. The summed E-state index contributed by atoms with van der Waals surface area (Å²) in [6, 6.07) is 2.11. The minimum Gasteiger partial charge on any atom is -0.198 e. The van der Waals surface area contributed by atoms with Gasteiger partial charge in [-0.2, -0.15) is 5.26 Å². The maximum atomic E-state index is 8.15. The van der Waals surface area contributed by atoms with Gasteiger partial charge in [0.15, 0.2) is 0 Å². The van der Waals surface area contributed by atoms with Gasteiger partial charge in [0, 0.05) is 6.42 Å². The zero-order valence-corrected chi connectivity index (χ0v) is 6.38. The minimum absolute atomic E-state index is 0. The topological polar surface area (TPSA) is 23.8 Å². The van der Waals surface area contributed by atoms with E-state index < -0.39 is 0 Å². The molecular formula is C6H12ClN. The third-order valence-corrected chi connectivity index (χ3v) is 0.609. The Hall–Kier alpha value is -0.220. The van der Waals surface area contributed by atoms with Gasteiger partial charge < -0.3 is 0 Å². The Kier molecular flexibility index (Phi) is 5.01. The zero-order valence-electron chi connectivity index (χ0n) is 5.56. The lowest BCUT2D eigenvalue weighted by atomic mass is 9.93. The number of rotatable bonds is 0. The second-order valence-corrected chi connectivity index (χ2v) is 2.90. The summed E-state index contributed by atoms with van der Waals surface area (Å²) < 4.78 is 0. The van der Waals surface area contributed by atoms with Gasteiger partial charge in [-0.1, -0.05) is 20.8 Å². The van der Waals surface area contributed by atoms with Crippen LogP contribution in [0.1, 0.15) is 27.2 Å². The number of nitrogens with zero attached hydrogens (tertiary/aromatic N) is 1. The molecule has 0 aromatic carbocycles. The molecule has 0 rings (SSSR count). The van der Waals surface area contributed by atoms with Crippen molar-refractivity contribution in [2.45, 2.75) is 27.2 Å². The lowest BCUT2D eigenvalue weighted by Gasteiger charge is -2.10. The smallest absolute Gasteiger partial charge is 0.0627 e. The normalized spacial score (nSPS) is 9.25. The van der Waals surface area contributed by atoms with Gasteiger partial charge in [0.2, 0.25) is 0 Å². The summed E-state index contributed by atoms with van der Waals surface area (Å²) in [6.07, 6.45) is 0.646. The Morgan fingerprint density at radius 2 is 1.75 bits per heavy atom. The average Bonchev–Trinajstić information content (AvgIpc) is 1.30. The van der Waals surface area contributed by atoms with Crippen LogP contribution in [0.5, 0.6) is 0 Å². The Bertz CT molecular complexity index is 85.7. The molecule has 0 spiro atoms. The molecule has 0 heterocycles. The van der Waals surface area contributed by atoms with Crippen LogP contribution in [-0.2, 0) is 0 Å². The van der Waals surface area contributed by atoms with Crippen molar-refractivity contribution >= 4 is 12.4 Å². The molecule has 0 amide bonds. The second kappa shape index (κ2) is 3.74. The van der Waals surface area contributed by atoms with Crippen molar-refractivity contribution in [3.8, 4) is 6.07 Å². The molecule has 0 aliphatic carbocycles. The fraction of sp³-hybridized carbons (Fsp3) is 0.833. The van der Waals surface area contributed by atoms with E-state index in [2.05, 4.69) is 26.8 Å². The van der Waals surface area contributed by atoms with Crippen molar-refractivity contribution in [3.63, 3.8) is 0 Å². The van der Waals surface area contributed by atoms with Crippen LogP contribution in [0.15, 0.2) is 0 Å². The molecule has 2 heteroatoms. The van der Waals surface area contributed by atoms with Crippen LogP contribution in [0, 0.1) is 16.7 Å². The van der Waals surface area contributed by atoms with Crippen LogP contribution in [0.4, 0.5) is 0 Å². The lowest BCUT2D eigenvalue weighted by Crippen LogP contribution is -2.01. The highest BCUT2D eigenvalue weighted by atomic mass is 35.5. The van der Waals surface area contributed by atoms with Gasteiger partial charge in [0.1, 0.15) is 0 Å². The maximum absolute atomic E-state index is 8.15. The molecule has 1 nitrogen and oxygen atoms in total. The average molecular weight is 134 g/mol. The molecule has 0 aliphatic heterocycles. The van der Waals surface area contributed by atoms with Crippen LogP contribution >= 0.6 is 12.4 Å². The van der Waals surface area contributed by atoms with E-state index in [-0.39, 0.29) is 17.8 Å². The van der Waals surface area contributed by atoms with E-state index in [4.69, 9.17) is 5.26 Å². The zero-order chi connectivity index (χ0) is 5.91. The van der Waals surface area contributed by atoms with Crippen molar-refractivity contribution in [2.24, 2.45) is 5.41 Å². The molecule has 0 fully saturated rings. The maximum Gasteiger partial charge on any atom is 0.0627 e. The molecule has 0 unspecified atom stereocenters. The first-order valence-corrected chi connectivity index (χ1v) is 2.43. The summed E-state index contributed by atoms with van der Waals surface area (Å²) in [5, 5.41) is 8.15. The summed E-state index contributed by atoms with van der Waals surface area (Å²) in [5.41, 5.74) is 0.189. The van der Waals surface area contributed by atoms with E-state index in [1.54, 1.807) is 0 Å². The summed E-state index contributed by atoms with van der Waals surface area (Å²) in [6.45, 7) is 6.16. The monoisotopic (exact) mass is 133 g/mol. The molecule has 0 aliphatic rings. The highest BCUT2D eigenvalue weighted by Crippen LogP contribution is 2.16. The summed E-state index contributed by atoms with van der Waals surface area (Å²) >= 11 is 0. The molecule has 0 atom stereocenters. The first-order valence-electron chi connectivity index (χ1n) is 2.43. The molecule has 0 bridgehead atoms. The molecule has 48 valence electrons. The van der Waals surface area contributed by atoms with E-state index in [9.17, 15) is 0 Å². The molecule has 0 radical (unpaired) electrons. The standard InChI is InChI=1S/C6H11N.ClH/c1-6(2,3)4-5-7;/h4H2,1-3H3;1H. The van der Waals surface area contributed by atoms with Crippen molar-refractivity contribution in [1.82, 2.24) is 0 Å². The first kappa shape index (κ1) is 10.7. The molecule has 0 saturated carbocycles. The molecule has 8 heavy (non-hydrogen) atoms. The van der Waals surface area contributed by atoms with E-state index in [0.717, 1.165) is 0 Å². The van der Waals surface area contributed by atoms with Gasteiger partial charge in [-0.05, 0) is 5.41 Å². The lowest BCUT2D eigenvalue weighted by molar-refractivity contribution is 0.426. The summed E-state index contributed by atoms with van der Waals surface area (Å²) in [4.78, 5) is 0. The van der Waals surface area contributed by atoms with Crippen molar-refractivity contribution in [1.29, 1.82) is 5.26 Å². The van der Waals surface area contributed by atoms with Gasteiger partial charge in [0.05, 0.1) is 6.07 Å². The number of hydrogen-bond donors (Lipinski definition) is 0. The van der Waals surface area contributed by atoms with Crippen molar-refractivity contribution in [2.75, 3.05) is 0 Å². The SMILES string of the molecule is CC(C)(C)CC#N.Cl. The second-order valence-electron chi connectivity index (χ2n) is 2.90. The van der Waals surface area contributed by atoms with E-state index in [1.165, 1.54) is 0 Å². The van der Waals surface area contributed by atoms with Gasteiger partial charge >= 0.3 is 0 Å². The van der Waals surface area contributed by atoms with Gasteiger partial charge in [-0.3, -0.25) is 0 Å². The quantitative estimate of drug-likeness (QED) is 0.498. The van der Waals surface area contributed by atoms with Crippen molar-refractivity contribution in [3.05, 3.63) is 0 Å². The Labute approximate surface area is 57.1 Å². The highest BCUT2D eigenvalue weighted by molar-refractivity contribution is 5.85.